The first-order chi connectivity index (χ1) is 5.25. The van der Waals surface area contributed by atoms with Gasteiger partial charge in [-0.15, -0.1) is 5.26 Å². The third-order valence-corrected chi connectivity index (χ3v) is 1.50. The minimum Gasteiger partial charge on any atom is -0.385 e. The summed E-state index contributed by atoms with van der Waals surface area (Å²) in [6, 6.07) is 0. The van der Waals surface area contributed by atoms with E-state index in [0.29, 0.717) is 0 Å². The zero-order valence-electron chi connectivity index (χ0n) is 5.21. The van der Waals surface area contributed by atoms with Crippen LogP contribution in [0.15, 0.2) is 12.4 Å². The fourth-order valence-corrected chi connectivity index (χ4v) is 0.984. The number of aromatic nitrogens is 1. The molecule has 0 radical (unpaired) electrons. The predicted molar refractivity (Wildman–Crippen MR) is 40.5 cm³/mol. The van der Waals surface area contributed by atoms with Gasteiger partial charge in [-0.3, -0.25) is 4.98 Å². The Morgan fingerprint density at radius 2 is 1.91 bits per heavy atom. The second-order valence-corrected chi connectivity index (χ2v) is 2.44. The summed E-state index contributed by atoms with van der Waals surface area (Å²) >= 11 is 11.2. The normalized spacial score (nSPS) is 8.82. The Labute approximate surface area is 73.1 Å². The molecule has 11 heavy (non-hydrogen) atoms. The number of pyridine rings is 1. The van der Waals surface area contributed by atoms with Gasteiger partial charge in [-0.2, -0.15) is 0 Å². The average Bonchev–Trinajstić information content (AvgIpc) is 1.97. The van der Waals surface area contributed by atoms with E-state index < -0.39 is 0 Å². The highest BCUT2D eigenvalue weighted by atomic mass is 35.5. The van der Waals surface area contributed by atoms with E-state index in [1.54, 1.807) is 0 Å². The monoisotopic (exact) mass is 188 g/mol. The molecular weight excluding hydrogens is 187 g/mol. The average molecular weight is 189 g/mol. The summed E-state index contributed by atoms with van der Waals surface area (Å²) in [5.74, 6) is 0.144. The molecule has 0 aliphatic heterocycles. The SMILES string of the molecule is N#COc1c(Cl)cncc1Cl. The highest BCUT2D eigenvalue weighted by Gasteiger charge is 2.06. The van der Waals surface area contributed by atoms with E-state index >= 15 is 0 Å². The Balaban J connectivity index is 3.12. The van der Waals surface area contributed by atoms with Crippen LogP contribution in [0.4, 0.5) is 0 Å². The Bertz CT molecular complexity index is 288. The number of hydrogen-bond acceptors (Lipinski definition) is 3. The van der Waals surface area contributed by atoms with Gasteiger partial charge in [0.25, 0.3) is 6.26 Å². The fourth-order valence-electron chi connectivity index (χ4n) is 0.543. The van der Waals surface area contributed by atoms with Crippen molar-refractivity contribution in [2.75, 3.05) is 0 Å². The highest BCUT2D eigenvalue weighted by molar-refractivity contribution is 6.36. The Hall–Kier alpha value is -0.980. The highest BCUT2D eigenvalue weighted by Crippen LogP contribution is 2.30. The van der Waals surface area contributed by atoms with Gasteiger partial charge in [-0.05, 0) is 0 Å². The topological polar surface area (TPSA) is 45.9 Å². The first kappa shape index (κ1) is 8.12. The number of ether oxygens (including phenoxy) is 1. The smallest absolute Gasteiger partial charge is 0.292 e. The third kappa shape index (κ3) is 1.73. The van der Waals surface area contributed by atoms with E-state index in [-0.39, 0.29) is 15.8 Å². The Kier molecular flexibility index (Phi) is 2.53. The van der Waals surface area contributed by atoms with Gasteiger partial charge >= 0.3 is 0 Å². The molecule has 0 saturated carbocycles. The number of nitrogens with zero attached hydrogens (tertiary/aromatic N) is 2. The van der Waals surface area contributed by atoms with Crippen molar-refractivity contribution < 1.29 is 4.74 Å². The van der Waals surface area contributed by atoms with Crippen molar-refractivity contribution in [3.05, 3.63) is 22.4 Å². The molecule has 0 aromatic carbocycles. The molecule has 1 aromatic rings. The number of hydrogen-bond donors (Lipinski definition) is 0. The number of halogens is 2. The Morgan fingerprint density at radius 1 is 1.36 bits per heavy atom. The molecule has 0 atom stereocenters. The minimum absolute atomic E-state index is 0.144. The van der Waals surface area contributed by atoms with Crippen molar-refractivity contribution in [3.63, 3.8) is 0 Å². The van der Waals surface area contributed by atoms with Crippen molar-refractivity contribution in [2.45, 2.75) is 0 Å². The molecule has 56 valence electrons. The molecule has 0 spiro atoms. The number of rotatable bonds is 1. The molecule has 0 aliphatic carbocycles. The fraction of sp³-hybridized carbons (Fsp3) is 0. The van der Waals surface area contributed by atoms with E-state index in [9.17, 15) is 0 Å². The van der Waals surface area contributed by atoms with Crippen LogP contribution in [0, 0.1) is 11.5 Å². The van der Waals surface area contributed by atoms with Crippen LogP contribution in [0.1, 0.15) is 0 Å². The van der Waals surface area contributed by atoms with E-state index in [0.717, 1.165) is 0 Å². The maximum Gasteiger partial charge on any atom is 0.292 e. The van der Waals surface area contributed by atoms with Gasteiger partial charge in [-0.1, -0.05) is 23.2 Å². The van der Waals surface area contributed by atoms with Crippen molar-refractivity contribution in [1.29, 1.82) is 5.26 Å². The van der Waals surface area contributed by atoms with Crippen molar-refractivity contribution in [2.24, 2.45) is 0 Å². The lowest BCUT2D eigenvalue weighted by molar-refractivity contribution is 0.507. The summed E-state index contributed by atoms with van der Waals surface area (Å²) in [7, 11) is 0. The van der Waals surface area contributed by atoms with Crippen LogP contribution in [0.5, 0.6) is 5.75 Å². The lowest BCUT2D eigenvalue weighted by atomic mass is 10.4. The molecule has 0 bridgehead atoms. The van der Waals surface area contributed by atoms with Crippen LogP contribution in [-0.2, 0) is 0 Å². The lowest BCUT2D eigenvalue weighted by Gasteiger charge is -1.99. The summed E-state index contributed by atoms with van der Waals surface area (Å²) in [5, 5.41) is 8.60. The van der Waals surface area contributed by atoms with Crippen LogP contribution < -0.4 is 4.74 Å². The molecule has 3 nitrogen and oxygen atoms in total. The van der Waals surface area contributed by atoms with Crippen LogP contribution in [-0.4, -0.2) is 4.98 Å². The molecule has 1 heterocycles. The predicted octanol–water partition coefficient (Wildman–Crippen LogP) is 2.25. The summed E-state index contributed by atoms with van der Waals surface area (Å²) in [6.07, 6.45) is 4.16. The summed E-state index contributed by atoms with van der Waals surface area (Å²) in [5.41, 5.74) is 0. The number of nitriles is 1. The maximum absolute atomic E-state index is 8.16. The summed E-state index contributed by atoms with van der Waals surface area (Å²) in [4.78, 5) is 3.67. The second-order valence-electron chi connectivity index (χ2n) is 1.63. The standard InChI is InChI=1S/C6H2Cl2N2O/c7-4-1-10-2-5(8)6(4)11-3-9/h1-2H. The largest absolute Gasteiger partial charge is 0.385 e. The molecule has 0 saturated heterocycles. The van der Waals surface area contributed by atoms with Gasteiger partial charge in [0.1, 0.15) is 10.0 Å². The van der Waals surface area contributed by atoms with Gasteiger partial charge < -0.3 is 4.74 Å². The molecule has 0 fully saturated rings. The first-order valence-electron chi connectivity index (χ1n) is 2.60. The Morgan fingerprint density at radius 3 is 2.36 bits per heavy atom. The van der Waals surface area contributed by atoms with Crippen LogP contribution in [0.3, 0.4) is 0 Å². The zero-order chi connectivity index (χ0) is 8.27. The molecule has 0 aliphatic rings. The summed E-state index contributed by atoms with van der Waals surface area (Å²) < 4.78 is 4.47. The minimum atomic E-state index is 0.144. The van der Waals surface area contributed by atoms with Crippen molar-refractivity contribution in [3.8, 4) is 12.0 Å². The summed E-state index contributed by atoms with van der Waals surface area (Å²) in [6.45, 7) is 0. The van der Waals surface area contributed by atoms with Crippen LogP contribution in [0.25, 0.3) is 0 Å². The molecule has 5 heteroatoms. The van der Waals surface area contributed by atoms with Crippen molar-refractivity contribution >= 4 is 23.2 Å². The quantitative estimate of drug-likeness (QED) is 0.636. The zero-order valence-corrected chi connectivity index (χ0v) is 6.73. The van der Waals surface area contributed by atoms with Gasteiger partial charge in [0.05, 0.1) is 0 Å². The van der Waals surface area contributed by atoms with Gasteiger partial charge in [-0.25, -0.2) is 0 Å². The lowest BCUT2D eigenvalue weighted by Crippen LogP contribution is -1.85. The van der Waals surface area contributed by atoms with Crippen molar-refractivity contribution in [1.82, 2.24) is 4.98 Å². The molecular formula is C6H2Cl2N2O. The molecule has 1 rings (SSSR count). The molecule has 0 N–H and O–H groups in total. The van der Waals surface area contributed by atoms with E-state index in [2.05, 4.69) is 9.72 Å². The first-order valence-corrected chi connectivity index (χ1v) is 3.36. The molecule has 0 amide bonds. The van der Waals surface area contributed by atoms with Gasteiger partial charge in [0.2, 0.25) is 0 Å². The van der Waals surface area contributed by atoms with Crippen LogP contribution in [0.2, 0.25) is 10.0 Å². The van der Waals surface area contributed by atoms with Gasteiger partial charge in [0.15, 0.2) is 5.75 Å². The third-order valence-electron chi connectivity index (χ3n) is 0.957. The second kappa shape index (κ2) is 3.42. The van der Waals surface area contributed by atoms with E-state index in [4.69, 9.17) is 28.5 Å². The maximum atomic E-state index is 8.16. The van der Waals surface area contributed by atoms with Gasteiger partial charge in [0, 0.05) is 12.4 Å². The molecule has 0 unspecified atom stereocenters. The van der Waals surface area contributed by atoms with Crippen LogP contribution >= 0.6 is 23.2 Å². The molecule has 1 aromatic heterocycles. The van der Waals surface area contributed by atoms with E-state index in [1.807, 2.05) is 0 Å². The van der Waals surface area contributed by atoms with E-state index in [1.165, 1.54) is 18.6 Å².